The Morgan fingerprint density at radius 3 is 2.73 bits per heavy atom. The fourth-order valence-corrected chi connectivity index (χ4v) is 4.84. The minimum atomic E-state index is -0.611. The van der Waals surface area contributed by atoms with Crippen LogP contribution in [0, 0.1) is 13.8 Å². The van der Waals surface area contributed by atoms with Gasteiger partial charge in [0.05, 0.1) is 11.4 Å². The monoisotopic (exact) mass is 426 g/mol. The van der Waals surface area contributed by atoms with E-state index >= 15 is 0 Å². The Bertz CT molecular complexity index is 1060. The van der Waals surface area contributed by atoms with Crippen LogP contribution in [0.2, 0.25) is 0 Å². The molecule has 30 heavy (non-hydrogen) atoms. The molecule has 0 radical (unpaired) electrons. The van der Waals surface area contributed by atoms with E-state index in [1.807, 2.05) is 38.1 Å². The van der Waals surface area contributed by atoms with Gasteiger partial charge in [0.25, 0.3) is 5.91 Å². The summed E-state index contributed by atoms with van der Waals surface area (Å²) in [5.41, 5.74) is 3.71. The van der Waals surface area contributed by atoms with E-state index in [9.17, 15) is 19.2 Å². The first kappa shape index (κ1) is 20.1. The summed E-state index contributed by atoms with van der Waals surface area (Å²) in [5.74, 6) is -0.916. The molecule has 5 amide bonds. The van der Waals surface area contributed by atoms with E-state index in [0.29, 0.717) is 24.4 Å². The number of rotatable bonds is 4. The lowest BCUT2D eigenvalue weighted by Gasteiger charge is -2.29. The average molecular weight is 426 g/mol. The van der Waals surface area contributed by atoms with Gasteiger partial charge in [-0.2, -0.15) is 0 Å². The molecule has 1 fully saturated rings. The number of hydrogen-bond acceptors (Lipinski definition) is 5. The molecule has 1 atom stereocenters. The van der Waals surface area contributed by atoms with Crippen molar-refractivity contribution in [2.24, 2.45) is 0 Å². The minimum Gasteiger partial charge on any atom is -0.333 e. The van der Waals surface area contributed by atoms with Crippen LogP contribution in [0.15, 0.2) is 24.3 Å². The van der Waals surface area contributed by atoms with Gasteiger partial charge in [0, 0.05) is 23.5 Å². The van der Waals surface area contributed by atoms with Crippen molar-refractivity contribution in [3.8, 4) is 0 Å². The summed E-state index contributed by atoms with van der Waals surface area (Å²) in [4.78, 5) is 51.4. The van der Waals surface area contributed by atoms with Crippen LogP contribution < -0.4 is 16.0 Å². The van der Waals surface area contributed by atoms with Crippen molar-refractivity contribution in [1.29, 1.82) is 0 Å². The number of carbonyl (C=O) groups excluding carboxylic acids is 4. The Morgan fingerprint density at radius 2 is 2.03 bits per heavy atom. The first-order valence-electron chi connectivity index (χ1n) is 9.70. The zero-order valence-electron chi connectivity index (χ0n) is 16.7. The first-order chi connectivity index (χ1) is 14.3. The Labute approximate surface area is 177 Å². The normalized spacial score (nSPS) is 18.3. The van der Waals surface area contributed by atoms with E-state index in [2.05, 4.69) is 16.0 Å². The highest BCUT2D eigenvalue weighted by atomic mass is 32.1. The van der Waals surface area contributed by atoms with Gasteiger partial charge < -0.3 is 15.5 Å². The van der Waals surface area contributed by atoms with Crippen molar-refractivity contribution in [3.63, 3.8) is 0 Å². The number of hydrogen-bond donors (Lipinski definition) is 3. The molecule has 1 saturated heterocycles. The number of benzene rings is 1. The van der Waals surface area contributed by atoms with Gasteiger partial charge in [-0.25, -0.2) is 4.79 Å². The van der Waals surface area contributed by atoms with E-state index in [1.54, 1.807) is 0 Å². The van der Waals surface area contributed by atoms with E-state index in [1.165, 1.54) is 16.2 Å². The average Bonchev–Trinajstić information content (AvgIpc) is 3.22. The molecule has 156 valence electrons. The Morgan fingerprint density at radius 1 is 1.23 bits per heavy atom. The van der Waals surface area contributed by atoms with Crippen LogP contribution in [-0.2, 0) is 22.7 Å². The topological polar surface area (TPSA) is 108 Å². The number of urea groups is 1. The Balaban J connectivity index is 1.35. The fourth-order valence-electron chi connectivity index (χ4n) is 3.78. The molecule has 1 unspecified atom stereocenters. The quantitative estimate of drug-likeness (QED) is 0.653. The van der Waals surface area contributed by atoms with E-state index in [-0.39, 0.29) is 24.3 Å². The zero-order valence-corrected chi connectivity index (χ0v) is 17.5. The second-order valence-corrected chi connectivity index (χ2v) is 8.73. The number of nitrogens with zero attached hydrogens (tertiary/aromatic N) is 1. The lowest BCUT2D eigenvalue weighted by molar-refractivity contribution is -0.136. The smallest absolute Gasteiger partial charge is 0.319 e. The number of carbonyl (C=O) groups is 4. The van der Waals surface area contributed by atoms with Gasteiger partial charge in [-0.05, 0) is 43.5 Å². The zero-order chi connectivity index (χ0) is 21.4. The molecule has 1 aromatic heterocycles. The summed E-state index contributed by atoms with van der Waals surface area (Å²) in [7, 11) is 0. The maximum absolute atomic E-state index is 12.8. The summed E-state index contributed by atoms with van der Waals surface area (Å²) in [5, 5.41) is 7.94. The number of fused-ring (bicyclic) bond motifs is 1. The number of nitrogens with one attached hydrogen (secondary N) is 3. The van der Waals surface area contributed by atoms with Gasteiger partial charge in [-0.15, -0.1) is 11.3 Å². The van der Waals surface area contributed by atoms with Crippen molar-refractivity contribution in [1.82, 2.24) is 15.5 Å². The predicted molar refractivity (Wildman–Crippen MR) is 112 cm³/mol. The van der Waals surface area contributed by atoms with Crippen LogP contribution in [0.25, 0.3) is 0 Å². The van der Waals surface area contributed by atoms with E-state index in [0.717, 1.165) is 27.3 Å². The maximum Gasteiger partial charge on any atom is 0.319 e. The number of imide groups is 1. The van der Waals surface area contributed by atoms with Crippen molar-refractivity contribution >= 4 is 40.8 Å². The molecule has 3 N–H and O–H groups in total. The third-order valence-electron chi connectivity index (χ3n) is 5.30. The summed E-state index contributed by atoms with van der Waals surface area (Å²) < 4.78 is 0. The van der Waals surface area contributed by atoms with Crippen molar-refractivity contribution in [2.45, 2.75) is 45.8 Å². The molecule has 4 rings (SSSR count). The number of anilines is 1. The molecule has 9 heteroatoms. The number of thiophene rings is 1. The van der Waals surface area contributed by atoms with Gasteiger partial charge in [0.15, 0.2) is 0 Å². The molecule has 3 heterocycles. The molecular formula is C21H22N4O4S. The van der Waals surface area contributed by atoms with Crippen molar-refractivity contribution in [3.05, 3.63) is 50.7 Å². The van der Waals surface area contributed by atoms with Crippen LogP contribution in [0.3, 0.4) is 0 Å². The van der Waals surface area contributed by atoms with Gasteiger partial charge in [0.1, 0.15) is 6.04 Å². The lowest BCUT2D eigenvalue weighted by atomic mass is 10.0. The van der Waals surface area contributed by atoms with Crippen LogP contribution in [-0.4, -0.2) is 34.7 Å². The fraction of sp³-hybridized carbons (Fsp3) is 0.333. The van der Waals surface area contributed by atoms with Gasteiger partial charge in [0.2, 0.25) is 11.8 Å². The van der Waals surface area contributed by atoms with Crippen molar-refractivity contribution in [2.75, 3.05) is 5.32 Å². The summed E-state index contributed by atoms with van der Waals surface area (Å²) >= 11 is 1.32. The van der Waals surface area contributed by atoms with Crippen LogP contribution in [0.1, 0.15) is 44.1 Å². The third-order valence-corrected chi connectivity index (χ3v) is 6.46. The van der Waals surface area contributed by atoms with Crippen LogP contribution >= 0.6 is 11.3 Å². The number of aryl methyl sites for hydroxylation is 2. The molecule has 0 spiro atoms. The standard InChI is InChI=1S/C21H22N4O4S/c1-11-3-4-15(12(2)7-11)23-21(29)22-9-14-8-13-10-25(20(28)18(13)30-14)16-5-6-17(26)24-19(16)27/h3-4,7-8,16H,5-6,9-10H2,1-2H3,(H2,22,23,29)(H,24,26,27). The van der Waals surface area contributed by atoms with Crippen LogP contribution in [0.5, 0.6) is 0 Å². The molecule has 2 aromatic rings. The van der Waals surface area contributed by atoms with Gasteiger partial charge in [-0.3, -0.25) is 19.7 Å². The molecular weight excluding hydrogens is 404 g/mol. The molecule has 1 aromatic carbocycles. The molecule has 2 aliphatic rings. The third kappa shape index (κ3) is 3.93. The highest BCUT2D eigenvalue weighted by Crippen LogP contribution is 2.33. The predicted octanol–water partition coefficient (Wildman–Crippen LogP) is 2.45. The summed E-state index contributed by atoms with van der Waals surface area (Å²) in [6, 6.07) is 6.77. The summed E-state index contributed by atoms with van der Waals surface area (Å²) in [6.07, 6.45) is 0.580. The van der Waals surface area contributed by atoms with E-state index in [4.69, 9.17) is 0 Å². The largest absolute Gasteiger partial charge is 0.333 e. The lowest BCUT2D eigenvalue weighted by Crippen LogP contribution is -2.52. The number of amides is 5. The summed E-state index contributed by atoms with van der Waals surface area (Å²) in [6.45, 7) is 4.58. The minimum absolute atomic E-state index is 0.199. The number of piperidine rings is 1. The Hall–Kier alpha value is -3.20. The highest BCUT2D eigenvalue weighted by molar-refractivity contribution is 7.14. The molecule has 0 bridgehead atoms. The second-order valence-electron chi connectivity index (χ2n) is 7.59. The maximum atomic E-state index is 12.8. The molecule has 2 aliphatic heterocycles. The van der Waals surface area contributed by atoms with E-state index < -0.39 is 11.9 Å². The SMILES string of the molecule is Cc1ccc(NC(=O)NCc2cc3c(s2)C(=O)N(C2CCC(=O)NC2=O)C3)c(C)c1. The van der Waals surface area contributed by atoms with Crippen molar-refractivity contribution < 1.29 is 19.2 Å². The van der Waals surface area contributed by atoms with Gasteiger partial charge >= 0.3 is 6.03 Å². The second kappa shape index (κ2) is 7.91. The van der Waals surface area contributed by atoms with Crippen LogP contribution in [0.4, 0.5) is 10.5 Å². The van der Waals surface area contributed by atoms with Gasteiger partial charge in [-0.1, -0.05) is 17.7 Å². The molecule has 0 saturated carbocycles. The Kier molecular flexibility index (Phi) is 5.29. The first-order valence-corrected chi connectivity index (χ1v) is 10.5. The molecule has 8 nitrogen and oxygen atoms in total. The highest BCUT2D eigenvalue weighted by Gasteiger charge is 2.40. The molecule has 0 aliphatic carbocycles.